The van der Waals surface area contributed by atoms with E-state index in [9.17, 15) is 0 Å². The molecule has 0 amide bonds. The summed E-state index contributed by atoms with van der Waals surface area (Å²) in [5, 5.41) is 0. The van der Waals surface area contributed by atoms with E-state index >= 15 is 0 Å². The van der Waals surface area contributed by atoms with Crippen LogP contribution in [0.2, 0.25) is 0 Å². The molecule has 0 bridgehead atoms. The van der Waals surface area contributed by atoms with Crippen LogP contribution in [0.5, 0.6) is 0 Å². The molecule has 0 aromatic rings. The van der Waals surface area contributed by atoms with E-state index in [1.54, 1.807) is 0 Å². The van der Waals surface area contributed by atoms with Gasteiger partial charge < -0.3 is 19.9 Å². The van der Waals surface area contributed by atoms with Gasteiger partial charge in [0, 0.05) is 18.8 Å². The molecule has 0 aliphatic rings. The smallest absolute Gasteiger partial charge is 0.180 e. The van der Waals surface area contributed by atoms with Gasteiger partial charge in [0.05, 0.1) is 13.2 Å². The van der Waals surface area contributed by atoms with Crippen molar-refractivity contribution in [2.75, 3.05) is 26.4 Å². The Kier molecular flexibility index (Phi) is 8.84. The SMILES string of the molecule is CCOC(COCC(N)(CC)CC)OCC. The number of nitrogens with two attached hydrogens (primary N) is 1. The maximum Gasteiger partial charge on any atom is 0.180 e. The number of hydrogen-bond acceptors (Lipinski definition) is 4. The van der Waals surface area contributed by atoms with Gasteiger partial charge in [-0.1, -0.05) is 13.8 Å². The lowest BCUT2D eigenvalue weighted by Crippen LogP contribution is -2.44. The first-order chi connectivity index (χ1) is 7.61. The summed E-state index contributed by atoms with van der Waals surface area (Å²) < 4.78 is 16.3. The topological polar surface area (TPSA) is 53.7 Å². The molecule has 0 aromatic heterocycles. The highest BCUT2D eigenvalue weighted by Crippen LogP contribution is 2.11. The zero-order valence-electron chi connectivity index (χ0n) is 11.1. The zero-order valence-corrected chi connectivity index (χ0v) is 11.1. The monoisotopic (exact) mass is 233 g/mol. The summed E-state index contributed by atoms with van der Waals surface area (Å²) in [7, 11) is 0. The van der Waals surface area contributed by atoms with Gasteiger partial charge in [0.1, 0.15) is 0 Å². The van der Waals surface area contributed by atoms with Crippen molar-refractivity contribution in [2.24, 2.45) is 5.73 Å². The minimum atomic E-state index is -0.270. The molecule has 0 aliphatic carbocycles. The molecule has 0 radical (unpaired) electrons. The molecule has 0 aliphatic heterocycles. The standard InChI is InChI=1S/C12H27NO3/c1-5-12(13,6-2)10-14-9-11(15-7-3)16-8-4/h11H,5-10,13H2,1-4H3. The van der Waals surface area contributed by atoms with Crippen molar-refractivity contribution in [3.05, 3.63) is 0 Å². The van der Waals surface area contributed by atoms with E-state index in [0.29, 0.717) is 26.4 Å². The van der Waals surface area contributed by atoms with Crippen LogP contribution in [0, 0.1) is 0 Å². The van der Waals surface area contributed by atoms with Crippen molar-refractivity contribution in [3.8, 4) is 0 Å². The normalized spacial score (nSPS) is 12.4. The molecule has 0 spiro atoms. The molecule has 2 N–H and O–H groups in total. The second-order valence-corrected chi connectivity index (χ2v) is 3.92. The third-order valence-electron chi connectivity index (χ3n) is 2.76. The van der Waals surface area contributed by atoms with Crippen LogP contribution >= 0.6 is 0 Å². The Bertz CT molecular complexity index is 154. The summed E-state index contributed by atoms with van der Waals surface area (Å²) >= 11 is 0. The lowest BCUT2D eigenvalue weighted by atomic mass is 9.96. The summed E-state index contributed by atoms with van der Waals surface area (Å²) in [5.41, 5.74) is 5.90. The summed E-state index contributed by atoms with van der Waals surface area (Å²) in [6.45, 7) is 10.3. The molecule has 0 saturated carbocycles. The fourth-order valence-corrected chi connectivity index (χ4v) is 1.33. The summed E-state index contributed by atoms with van der Waals surface area (Å²) in [6.07, 6.45) is 1.56. The maximum absolute atomic E-state index is 6.12. The molecular weight excluding hydrogens is 206 g/mol. The van der Waals surface area contributed by atoms with Crippen LogP contribution in [0.15, 0.2) is 0 Å². The highest BCUT2D eigenvalue weighted by molar-refractivity contribution is 4.80. The van der Waals surface area contributed by atoms with Crippen molar-refractivity contribution in [3.63, 3.8) is 0 Å². The van der Waals surface area contributed by atoms with Gasteiger partial charge in [0.15, 0.2) is 6.29 Å². The summed E-state index contributed by atoms with van der Waals surface area (Å²) in [4.78, 5) is 0. The zero-order chi connectivity index (χ0) is 12.4. The van der Waals surface area contributed by atoms with Gasteiger partial charge in [-0.05, 0) is 26.7 Å². The minimum Gasteiger partial charge on any atom is -0.374 e. The van der Waals surface area contributed by atoms with Gasteiger partial charge in [0.2, 0.25) is 0 Å². The van der Waals surface area contributed by atoms with Crippen molar-refractivity contribution >= 4 is 0 Å². The first-order valence-electron chi connectivity index (χ1n) is 6.21. The summed E-state index contributed by atoms with van der Waals surface area (Å²) in [6, 6.07) is 0. The van der Waals surface area contributed by atoms with Crippen molar-refractivity contribution in [1.82, 2.24) is 0 Å². The molecule has 0 saturated heterocycles. The van der Waals surface area contributed by atoms with Crippen LogP contribution in [-0.4, -0.2) is 38.3 Å². The van der Waals surface area contributed by atoms with Crippen molar-refractivity contribution < 1.29 is 14.2 Å². The van der Waals surface area contributed by atoms with Gasteiger partial charge in [-0.15, -0.1) is 0 Å². The Labute approximate surface area is 99.4 Å². The lowest BCUT2D eigenvalue weighted by molar-refractivity contribution is -0.170. The van der Waals surface area contributed by atoms with Crippen LogP contribution in [0.25, 0.3) is 0 Å². The van der Waals surface area contributed by atoms with E-state index < -0.39 is 0 Å². The Balaban J connectivity index is 3.83. The predicted molar refractivity (Wildman–Crippen MR) is 65.4 cm³/mol. The van der Waals surface area contributed by atoms with Crippen molar-refractivity contribution in [1.29, 1.82) is 0 Å². The first-order valence-corrected chi connectivity index (χ1v) is 6.21. The van der Waals surface area contributed by atoms with Crippen LogP contribution in [0.3, 0.4) is 0 Å². The highest BCUT2D eigenvalue weighted by Gasteiger charge is 2.21. The number of ether oxygens (including phenoxy) is 3. The molecule has 0 rings (SSSR count). The molecule has 4 heteroatoms. The largest absolute Gasteiger partial charge is 0.374 e. The maximum atomic E-state index is 6.12. The van der Waals surface area contributed by atoms with E-state index in [1.807, 2.05) is 13.8 Å². The molecule has 4 nitrogen and oxygen atoms in total. The van der Waals surface area contributed by atoms with Gasteiger partial charge in [-0.2, -0.15) is 0 Å². The van der Waals surface area contributed by atoms with E-state index in [4.69, 9.17) is 19.9 Å². The van der Waals surface area contributed by atoms with Gasteiger partial charge in [-0.25, -0.2) is 0 Å². The Morgan fingerprint density at radius 2 is 1.50 bits per heavy atom. The molecule has 16 heavy (non-hydrogen) atoms. The van der Waals surface area contributed by atoms with Crippen LogP contribution in [-0.2, 0) is 14.2 Å². The Hall–Kier alpha value is -0.160. The quantitative estimate of drug-likeness (QED) is 0.586. The Morgan fingerprint density at radius 1 is 1.00 bits per heavy atom. The van der Waals surface area contributed by atoms with E-state index in [2.05, 4.69) is 13.8 Å². The predicted octanol–water partition coefficient (Wildman–Crippen LogP) is 1.92. The Morgan fingerprint density at radius 3 is 1.88 bits per heavy atom. The summed E-state index contributed by atoms with van der Waals surface area (Å²) in [5.74, 6) is 0. The average Bonchev–Trinajstić information content (AvgIpc) is 2.29. The molecule has 98 valence electrons. The fraction of sp³-hybridized carbons (Fsp3) is 1.00. The average molecular weight is 233 g/mol. The van der Waals surface area contributed by atoms with E-state index in [1.165, 1.54) is 0 Å². The van der Waals surface area contributed by atoms with Gasteiger partial charge in [-0.3, -0.25) is 0 Å². The highest BCUT2D eigenvalue weighted by atomic mass is 16.7. The molecule has 0 unspecified atom stereocenters. The minimum absolute atomic E-state index is 0.219. The van der Waals surface area contributed by atoms with E-state index in [-0.39, 0.29) is 11.8 Å². The number of rotatable bonds is 10. The van der Waals surface area contributed by atoms with Crippen molar-refractivity contribution in [2.45, 2.75) is 52.4 Å². The van der Waals surface area contributed by atoms with Crippen LogP contribution in [0.1, 0.15) is 40.5 Å². The fourth-order valence-electron chi connectivity index (χ4n) is 1.33. The first kappa shape index (κ1) is 15.8. The molecular formula is C12H27NO3. The third kappa shape index (κ3) is 6.43. The lowest BCUT2D eigenvalue weighted by Gasteiger charge is -2.27. The second-order valence-electron chi connectivity index (χ2n) is 3.92. The van der Waals surface area contributed by atoms with Gasteiger partial charge in [0.25, 0.3) is 0 Å². The molecule has 0 heterocycles. The van der Waals surface area contributed by atoms with Crippen LogP contribution in [0.4, 0.5) is 0 Å². The third-order valence-corrected chi connectivity index (χ3v) is 2.76. The molecule has 0 aromatic carbocycles. The van der Waals surface area contributed by atoms with E-state index in [0.717, 1.165) is 12.8 Å². The molecule has 0 fully saturated rings. The number of hydrogen-bond donors (Lipinski definition) is 1. The molecule has 0 atom stereocenters. The second kappa shape index (κ2) is 8.93. The van der Waals surface area contributed by atoms with Crippen LogP contribution < -0.4 is 5.73 Å². The van der Waals surface area contributed by atoms with Gasteiger partial charge >= 0.3 is 0 Å².